The molecule has 10 nitrogen and oxygen atoms in total. The number of hydrogen-bond donors (Lipinski definition) is 2. The van der Waals surface area contributed by atoms with Gasteiger partial charge in [0.1, 0.15) is 19.5 Å². The van der Waals surface area contributed by atoms with Gasteiger partial charge in [0.05, 0.1) is 25.1 Å². The Bertz CT molecular complexity index is 1020. The molecule has 0 bridgehead atoms. The van der Waals surface area contributed by atoms with Gasteiger partial charge in [0, 0.05) is 0 Å². The lowest BCUT2D eigenvalue weighted by molar-refractivity contribution is 0.201. The van der Waals surface area contributed by atoms with E-state index < -0.39 is 10.9 Å². The third-order valence-corrected chi connectivity index (χ3v) is 4.14. The number of benzene rings is 1. The van der Waals surface area contributed by atoms with Gasteiger partial charge in [0.15, 0.2) is 11.6 Å². The fourth-order valence-electron chi connectivity index (χ4n) is 2.39. The van der Waals surface area contributed by atoms with Gasteiger partial charge in [-0.05, 0) is 12.5 Å². The first-order valence-corrected chi connectivity index (χ1v) is 9.69. The second-order valence-electron chi connectivity index (χ2n) is 5.74. The average molecular weight is 417 g/mol. The highest BCUT2D eigenvalue weighted by atomic mass is 32.2. The van der Waals surface area contributed by atoms with E-state index in [-0.39, 0.29) is 30.9 Å². The van der Waals surface area contributed by atoms with E-state index in [1.807, 2.05) is 31.2 Å². The number of anilines is 1. The zero-order valence-electron chi connectivity index (χ0n) is 15.7. The van der Waals surface area contributed by atoms with Crippen LogP contribution in [0.1, 0.15) is 5.56 Å². The fraction of sp³-hybridized carbons (Fsp3) is 0.222. The lowest BCUT2D eigenvalue weighted by atomic mass is 10.1. The van der Waals surface area contributed by atoms with Crippen LogP contribution in [0.5, 0.6) is 17.6 Å². The molecular formula is C18H19N5O5S. The maximum absolute atomic E-state index is 11.2. The summed E-state index contributed by atoms with van der Waals surface area (Å²) in [6, 6.07) is 7.66. The molecule has 11 heteroatoms. The number of aryl methyl sites for hydroxylation is 1. The number of thiol groups is 1. The monoisotopic (exact) mass is 417 g/mol. The molecule has 0 aliphatic rings. The molecule has 3 rings (SSSR count). The van der Waals surface area contributed by atoms with Crippen LogP contribution in [0.3, 0.4) is 0 Å². The van der Waals surface area contributed by atoms with E-state index in [2.05, 4.69) is 24.7 Å². The second-order valence-corrected chi connectivity index (χ2v) is 6.48. The van der Waals surface area contributed by atoms with E-state index in [0.717, 1.165) is 5.56 Å². The highest BCUT2D eigenvalue weighted by molar-refractivity contribution is 7.73. The normalized spacial score (nSPS) is 10.6. The Hall–Kier alpha value is -3.47. The summed E-state index contributed by atoms with van der Waals surface area (Å²) in [5.74, 6) is 0.880. The molecule has 2 heterocycles. The number of rotatable bonds is 9. The van der Waals surface area contributed by atoms with E-state index in [9.17, 15) is 8.42 Å². The Morgan fingerprint density at radius 1 is 0.966 bits per heavy atom. The van der Waals surface area contributed by atoms with Crippen LogP contribution in [-0.4, -0.2) is 48.7 Å². The van der Waals surface area contributed by atoms with Crippen LogP contribution < -0.4 is 18.9 Å². The molecule has 0 aliphatic carbocycles. The number of hydrogen-bond acceptors (Lipinski definition) is 9. The Kier molecular flexibility index (Phi) is 6.74. The number of nitrogens with zero attached hydrogens (tertiary/aromatic N) is 4. The number of aromatic nitrogens is 4. The van der Waals surface area contributed by atoms with E-state index >= 15 is 0 Å². The van der Waals surface area contributed by atoms with Crippen molar-refractivity contribution in [1.29, 1.82) is 0 Å². The van der Waals surface area contributed by atoms with Crippen molar-refractivity contribution in [3.63, 3.8) is 0 Å². The van der Waals surface area contributed by atoms with Gasteiger partial charge in [0.25, 0.3) is 0 Å². The van der Waals surface area contributed by atoms with E-state index in [0.29, 0.717) is 16.9 Å². The fourth-order valence-corrected chi connectivity index (χ4v) is 2.73. The molecule has 1 aromatic carbocycles. The van der Waals surface area contributed by atoms with Crippen molar-refractivity contribution in [2.45, 2.75) is 6.92 Å². The third-order valence-electron chi connectivity index (χ3n) is 3.74. The van der Waals surface area contributed by atoms with Crippen molar-refractivity contribution < 1.29 is 22.6 Å². The molecule has 0 amide bonds. The number of ether oxygens (including phenoxy) is 3. The highest BCUT2D eigenvalue weighted by Gasteiger charge is 2.16. The van der Waals surface area contributed by atoms with Gasteiger partial charge in [-0.15, -0.1) is 0 Å². The van der Waals surface area contributed by atoms with Crippen LogP contribution in [0, 0.1) is 6.92 Å². The molecule has 0 unspecified atom stereocenters. The Morgan fingerprint density at radius 3 is 2.31 bits per heavy atom. The summed E-state index contributed by atoms with van der Waals surface area (Å²) < 4.78 is 40.8. The van der Waals surface area contributed by atoms with Crippen molar-refractivity contribution in [1.82, 2.24) is 19.9 Å². The molecule has 29 heavy (non-hydrogen) atoms. The van der Waals surface area contributed by atoms with Crippen molar-refractivity contribution in [3.05, 3.63) is 48.5 Å². The minimum Gasteiger partial charge on any atom is -0.494 e. The van der Waals surface area contributed by atoms with E-state index in [4.69, 9.17) is 14.2 Å². The highest BCUT2D eigenvalue weighted by Crippen LogP contribution is 2.34. The summed E-state index contributed by atoms with van der Waals surface area (Å²) in [6.07, 6.45) is 4.21. The van der Waals surface area contributed by atoms with Crippen molar-refractivity contribution in [3.8, 4) is 28.8 Å². The number of methoxy groups -OCH3 is 1. The van der Waals surface area contributed by atoms with Gasteiger partial charge >= 0.3 is 6.01 Å². The summed E-state index contributed by atoms with van der Waals surface area (Å²) in [5, 5.41) is 0. The molecular weight excluding hydrogens is 398 g/mol. The maximum Gasteiger partial charge on any atom is 0.316 e. The van der Waals surface area contributed by atoms with Crippen LogP contribution in [0.25, 0.3) is 11.1 Å². The predicted molar refractivity (Wildman–Crippen MR) is 106 cm³/mol. The first kappa shape index (κ1) is 20.3. The quantitative estimate of drug-likeness (QED) is 0.395. The third kappa shape index (κ3) is 5.51. The molecule has 0 spiro atoms. The molecule has 152 valence electrons. The van der Waals surface area contributed by atoms with E-state index in [1.54, 1.807) is 0 Å². The SMILES string of the molecule is COc1cnc(OCCOc2ncnc(N[SH](=O)=O)c2-c2ccc(C)cc2)nc1. The molecule has 3 aromatic rings. The summed E-state index contributed by atoms with van der Waals surface area (Å²) in [5.41, 5.74) is 2.21. The van der Waals surface area contributed by atoms with Gasteiger partial charge in [-0.1, -0.05) is 29.8 Å². The molecule has 1 N–H and O–H groups in total. The zero-order valence-corrected chi connectivity index (χ0v) is 16.6. The number of nitrogens with one attached hydrogen (secondary N) is 1. The van der Waals surface area contributed by atoms with Crippen molar-refractivity contribution in [2.24, 2.45) is 0 Å². The van der Waals surface area contributed by atoms with E-state index in [1.165, 1.54) is 25.8 Å². The molecule has 0 aliphatic heterocycles. The minimum absolute atomic E-state index is 0.133. The summed E-state index contributed by atoms with van der Waals surface area (Å²) >= 11 is 0. The second kappa shape index (κ2) is 9.64. The van der Waals surface area contributed by atoms with Gasteiger partial charge in [0.2, 0.25) is 16.8 Å². The first-order valence-electron chi connectivity index (χ1n) is 8.51. The Morgan fingerprint density at radius 2 is 1.66 bits per heavy atom. The zero-order chi connectivity index (χ0) is 20.6. The van der Waals surface area contributed by atoms with Crippen LogP contribution >= 0.6 is 0 Å². The standard InChI is InChI=1S/C18H19N5O5S/c1-12-3-5-13(6-4-12)15-16(23-29(24)25)21-11-22-17(15)27-7-8-28-18-19-9-14(26-2)10-20-18/h3-6,9-11,29H,7-8H2,1-2H3,(H,21,22,23,24,25). The minimum atomic E-state index is -2.90. The lowest BCUT2D eigenvalue weighted by Gasteiger charge is -2.13. The Labute approximate surface area is 169 Å². The molecule has 0 saturated carbocycles. The summed E-state index contributed by atoms with van der Waals surface area (Å²) in [4.78, 5) is 16.2. The van der Waals surface area contributed by atoms with Crippen LogP contribution in [0.15, 0.2) is 43.0 Å². The van der Waals surface area contributed by atoms with Gasteiger partial charge in [-0.3, -0.25) is 4.72 Å². The van der Waals surface area contributed by atoms with Crippen molar-refractivity contribution in [2.75, 3.05) is 25.0 Å². The molecule has 0 fully saturated rings. The molecule has 0 atom stereocenters. The smallest absolute Gasteiger partial charge is 0.316 e. The van der Waals surface area contributed by atoms with Crippen LogP contribution in [0.4, 0.5) is 5.82 Å². The van der Waals surface area contributed by atoms with Crippen LogP contribution in [0.2, 0.25) is 0 Å². The maximum atomic E-state index is 11.2. The topological polar surface area (TPSA) is 125 Å². The summed E-state index contributed by atoms with van der Waals surface area (Å²) in [7, 11) is -1.38. The predicted octanol–water partition coefficient (Wildman–Crippen LogP) is 1.65. The van der Waals surface area contributed by atoms with Gasteiger partial charge < -0.3 is 14.2 Å². The van der Waals surface area contributed by atoms with Gasteiger partial charge in [-0.2, -0.15) is 9.97 Å². The lowest BCUT2D eigenvalue weighted by Crippen LogP contribution is -2.12. The molecule has 0 radical (unpaired) electrons. The molecule has 2 aromatic heterocycles. The van der Waals surface area contributed by atoms with Gasteiger partial charge in [-0.25, -0.2) is 18.4 Å². The average Bonchev–Trinajstić information content (AvgIpc) is 2.72. The first-order chi connectivity index (χ1) is 14.1. The summed E-state index contributed by atoms with van der Waals surface area (Å²) in [6.45, 7) is 2.24. The van der Waals surface area contributed by atoms with Crippen LogP contribution in [-0.2, 0) is 10.9 Å². The Balaban J connectivity index is 1.74. The molecule has 0 saturated heterocycles. The van der Waals surface area contributed by atoms with Crippen molar-refractivity contribution >= 4 is 16.7 Å². The largest absolute Gasteiger partial charge is 0.494 e.